The van der Waals surface area contributed by atoms with Crippen molar-refractivity contribution in [1.29, 1.82) is 0 Å². The molecule has 0 bridgehead atoms. The molecule has 1 heterocycles. The summed E-state index contributed by atoms with van der Waals surface area (Å²) >= 11 is 0. The number of hydrogen-bond donors (Lipinski definition) is 2. The average Bonchev–Trinajstić information content (AvgIpc) is 2.43. The van der Waals surface area contributed by atoms with Gasteiger partial charge in [0.05, 0.1) is 0 Å². The molecule has 0 radical (unpaired) electrons. The SMILES string of the molecule is Cl.NCCCC(=O)N1Cc2ccccc2CC1C(N)=O. The molecular weight excluding hydrogens is 278 g/mol. The molecule has 5 nitrogen and oxygen atoms in total. The van der Waals surface area contributed by atoms with Gasteiger partial charge in [-0.25, -0.2) is 0 Å². The van der Waals surface area contributed by atoms with Crippen LogP contribution in [0.2, 0.25) is 0 Å². The lowest BCUT2D eigenvalue weighted by Gasteiger charge is -2.35. The quantitative estimate of drug-likeness (QED) is 0.852. The summed E-state index contributed by atoms with van der Waals surface area (Å²) in [6.45, 7) is 0.921. The Morgan fingerprint density at radius 2 is 1.90 bits per heavy atom. The second-order valence-corrected chi connectivity index (χ2v) is 4.80. The highest BCUT2D eigenvalue weighted by atomic mass is 35.5. The first-order valence-electron chi connectivity index (χ1n) is 6.49. The molecule has 0 aromatic heterocycles. The van der Waals surface area contributed by atoms with Crippen LogP contribution in [0.4, 0.5) is 0 Å². The highest BCUT2D eigenvalue weighted by molar-refractivity contribution is 5.87. The van der Waals surface area contributed by atoms with Crippen LogP contribution in [0.3, 0.4) is 0 Å². The molecule has 2 amide bonds. The fourth-order valence-electron chi connectivity index (χ4n) is 2.44. The minimum atomic E-state index is -0.542. The second kappa shape index (κ2) is 7.26. The van der Waals surface area contributed by atoms with E-state index in [1.807, 2.05) is 24.3 Å². The maximum Gasteiger partial charge on any atom is 0.240 e. The molecule has 20 heavy (non-hydrogen) atoms. The molecule has 0 aliphatic carbocycles. The van der Waals surface area contributed by atoms with E-state index in [9.17, 15) is 9.59 Å². The van der Waals surface area contributed by atoms with E-state index in [1.54, 1.807) is 4.90 Å². The minimum absolute atomic E-state index is 0. The maximum absolute atomic E-state index is 12.1. The summed E-state index contributed by atoms with van der Waals surface area (Å²) in [5, 5.41) is 0. The van der Waals surface area contributed by atoms with Crippen molar-refractivity contribution in [2.75, 3.05) is 6.54 Å². The summed E-state index contributed by atoms with van der Waals surface area (Å²) in [5.41, 5.74) is 13.0. The topological polar surface area (TPSA) is 89.4 Å². The lowest BCUT2D eigenvalue weighted by atomic mass is 9.93. The zero-order valence-corrected chi connectivity index (χ0v) is 12.1. The Morgan fingerprint density at radius 3 is 2.50 bits per heavy atom. The number of benzene rings is 1. The highest BCUT2D eigenvalue weighted by Crippen LogP contribution is 2.24. The number of rotatable bonds is 4. The molecule has 0 fully saturated rings. The standard InChI is InChI=1S/C14H19N3O2.ClH/c15-7-3-6-13(18)17-9-11-5-2-1-4-10(11)8-12(17)14(16)19;/h1-2,4-5,12H,3,6-9,15H2,(H2,16,19);1H. The third-order valence-electron chi connectivity index (χ3n) is 3.49. The maximum atomic E-state index is 12.1. The van der Waals surface area contributed by atoms with Crippen LogP contribution < -0.4 is 11.5 Å². The van der Waals surface area contributed by atoms with Crippen LogP contribution >= 0.6 is 12.4 Å². The van der Waals surface area contributed by atoms with E-state index in [1.165, 1.54) is 0 Å². The first-order valence-corrected chi connectivity index (χ1v) is 6.49. The molecule has 1 aromatic rings. The van der Waals surface area contributed by atoms with Gasteiger partial charge in [0.25, 0.3) is 0 Å². The van der Waals surface area contributed by atoms with Gasteiger partial charge in [-0.05, 0) is 24.1 Å². The number of carbonyl (C=O) groups is 2. The van der Waals surface area contributed by atoms with E-state index in [-0.39, 0.29) is 18.3 Å². The van der Waals surface area contributed by atoms with Gasteiger partial charge in [-0.1, -0.05) is 24.3 Å². The highest BCUT2D eigenvalue weighted by Gasteiger charge is 2.32. The largest absolute Gasteiger partial charge is 0.368 e. The predicted molar refractivity (Wildman–Crippen MR) is 79.2 cm³/mol. The summed E-state index contributed by atoms with van der Waals surface area (Å²) in [6.07, 6.45) is 1.49. The number of primary amides is 1. The molecule has 6 heteroatoms. The van der Waals surface area contributed by atoms with E-state index in [2.05, 4.69) is 0 Å². The monoisotopic (exact) mass is 297 g/mol. The Bertz CT molecular complexity index is 493. The summed E-state index contributed by atoms with van der Waals surface area (Å²) in [7, 11) is 0. The van der Waals surface area contributed by atoms with E-state index in [0.717, 1.165) is 11.1 Å². The van der Waals surface area contributed by atoms with E-state index in [4.69, 9.17) is 11.5 Å². The van der Waals surface area contributed by atoms with Crippen molar-refractivity contribution in [2.24, 2.45) is 11.5 Å². The van der Waals surface area contributed by atoms with Crippen molar-refractivity contribution in [2.45, 2.75) is 31.8 Å². The van der Waals surface area contributed by atoms with E-state index in [0.29, 0.717) is 32.4 Å². The van der Waals surface area contributed by atoms with Gasteiger partial charge < -0.3 is 16.4 Å². The lowest BCUT2D eigenvalue weighted by Crippen LogP contribution is -2.51. The summed E-state index contributed by atoms with van der Waals surface area (Å²) < 4.78 is 0. The molecule has 1 aliphatic rings. The van der Waals surface area contributed by atoms with Gasteiger partial charge in [0.1, 0.15) is 6.04 Å². The van der Waals surface area contributed by atoms with E-state index < -0.39 is 11.9 Å². The van der Waals surface area contributed by atoms with Crippen molar-refractivity contribution in [3.8, 4) is 0 Å². The summed E-state index contributed by atoms with van der Waals surface area (Å²) in [4.78, 5) is 25.3. The Kier molecular flexibility index (Phi) is 5.98. The Hall–Kier alpha value is -1.59. The number of amides is 2. The van der Waals surface area contributed by atoms with Crippen LogP contribution in [0.15, 0.2) is 24.3 Å². The van der Waals surface area contributed by atoms with Crippen molar-refractivity contribution in [3.63, 3.8) is 0 Å². The number of nitrogens with zero attached hydrogens (tertiary/aromatic N) is 1. The van der Waals surface area contributed by atoms with Crippen molar-refractivity contribution >= 4 is 24.2 Å². The number of halogens is 1. The van der Waals surface area contributed by atoms with Crippen molar-refractivity contribution in [3.05, 3.63) is 35.4 Å². The fraction of sp³-hybridized carbons (Fsp3) is 0.429. The molecule has 0 saturated carbocycles. The molecule has 0 spiro atoms. The van der Waals surface area contributed by atoms with Gasteiger partial charge in [0, 0.05) is 19.4 Å². The zero-order chi connectivity index (χ0) is 13.8. The first kappa shape index (κ1) is 16.5. The summed E-state index contributed by atoms with van der Waals surface area (Å²) in [6, 6.07) is 7.29. The van der Waals surface area contributed by atoms with Gasteiger partial charge in [0.2, 0.25) is 11.8 Å². The number of hydrogen-bond acceptors (Lipinski definition) is 3. The number of fused-ring (bicyclic) bond motifs is 1. The van der Waals surface area contributed by atoms with Gasteiger partial charge in [0.15, 0.2) is 0 Å². The predicted octanol–water partition coefficient (Wildman–Crippen LogP) is 0.586. The molecule has 2 rings (SSSR count). The Balaban J connectivity index is 0.00000200. The number of carbonyl (C=O) groups excluding carboxylic acids is 2. The van der Waals surface area contributed by atoms with Gasteiger partial charge in [-0.15, -0.1) is 12.4 Å². The zero-order valence-electron chi connectivity index (χ0n) is 11.2. The normalized spacial score (nSPS) is 17.1. The molecule has 1 aromatic carbocycles. The summed E-state index contributed by atoms with van der Waals surface area (Å²) in [5.74, 6) is -0.501. The van der Waals surface area contributed by atoms with Crippen LogP contribution in [-0.4, -0.2) is 29.3 Å². The third kappa shape index (κ3) is 3.49. The van der Waals surface area contributed by atoms with E-state index >= 15 is 0 Å². The average molecular weight is 298 g/mol. The lowest BCUT2D eigenvalue weighted by molar-refractivity contribution is -0.140. The molecule has 110 valence electrons. The molecule has 1 unspecified atom stereocenters. The number of nitrogens with two attached hydrogens (primary N) is 2. The van der Waals surface area contributed by atoms with Crippen LogP contribution in [0, 0.1) is 0 Å². The van der Waals surface area contributed by atoms with Gasteiger partial charge >= 0.3 is 0 Å². The smallest absolute Gasteiger partial charge is 0.240 e. The van der Waals surface area contributed by atoms with Gasteiger partial charge in [-0.2, -0.15) is 0 Å². The van der Waals surface area contributed by atoms with Crippen LogP contribution in [-0.2, 0) is 22.6 Å². The Labute approximate surface area is 124 Å². The molecule has 1 atom stereocenters. The molecule has 4 N–H and O–H groups in total. The van der Waals surface area contributed by atoms with Crippen molar-refractivity contribution < 1.29 is 9.59 Å². The second-order valence-electron chi connectivity index (χ2n) is 4.80. The fourth-order valence-corrected chi connectivity index (χ4v) is 2.44. The molecule has 1 aliphatic heterocycles. The van der Waals surface area contributed by atoms with Gasteiger partial charge in [-0.3, -0.25) is 9.59 Å². The Morgan fingerprint density at radius 1 is 1.25 bits per heavy atom. The molecular formula is C14H20ClN3O2. The third-order valence-corrected chi connectivity index (χ3v) is 3.49. The van der Waals surface area contributed by atoms with Crippen molar-refractivity contribution in [1.82, 2.24) is 4.90 Å². The molecule has 0 saturated heterocycles. The van der Waals surface area contributed by atoms with Crippen LogP contribution in [0.5, 0.6) is 0 Å². The first-order chi connectivity index (χ1) is 9.13. The minimum Gasteiger partial charge on any atom is -0.368 e. The van der Waals surface area contributed by atoms with Crippen LogP contribution in [0.1, 0.15) is 24.0 Å². The van der Waals surface area contributed by atoms with Crippen LogP contribution in [0.25, 0.3) is 0 Å².